The van der Waals surface area contributed by atoms with Gasteiger partial charge in [0.15, 0.2) is 0 Å². The van der Waals surface area contributed by atoms with E-state index in [1.54, 1.807) is 20.8 Å². The van der Waals surface area contributed by atoms with E-state index in [2.05, 4.69) is 5.32 Å². The lowest BCUT2D eigenvalue weighted by Gasteiger charge is -2.22. The molecule has 28 heavy (non-hydrogen) atoms. The summed E-state index contributed by atoms with van der Waals surface area (Å²) in [4.78, 5) is 40.1. The van der Waals surface area contributed by atoms with Crippen LogP contribution >= 0.6 is 0 Å². The number of carboxylic acids is 1. The normalized spacial score (nSPS) is 11.0. The van der Waals surface area contributed by atoms with Crippen LogP contribution in [-0.2, 0) is 25.8 Å². The first-order chi connectivity index (χ1) is 13.2. The van der Waals surface area contributed by atoms with Crippen molar-refractivity contribution in [3.63, 3.8) is 0 Å². The maximum atomic E-state index is 12.2. The quantitative estimate of drug-likeness (QED) is 0.441. The van der Waals surface area contributed by atoms with Crippen molar-refractivity contribution in [2.24, 2.45) is 0 Å². The number of ether oxygens (including phenoxy) is 1. The molecule has 0 aliphatic carbocycles. The van der Waals surface area contributed by atoms with Crippen LogP contribution in [0.5, 0.6) is 0 Å². The molecule has 0 aromatic heterocycles. The summed E-state index contributed by atoms with van der Waals surface area (Å²) in [5, 5.41) is 12.6. The third-order valence-corrected chi connectivity index (χ3v) is 3.52. The van der Waals surface area contributed by atoms with Crippen LogP contribution in [-0.4, -0.2) is 46.8 Å². The second kappa shape index (κ2) is 12.0. The molecule has 0 spiro atoms. The van der Waals surface area contributed by atoms with E-state index in [1.807, 2.05) is 30.3 Å². The van der Waals surface area contributed by atoms with E-state index in [1.165, 1.54) is 5.06 Å². The van der Waals surface area contributed by atoms with E-state index in [4.69, 9.17) is 14.7 Å². The molecule has 8 nitrogen and oxygen atoms in total. The first kappa shape index (κ1) is 23.4. The predicted molar refractivity (Wildman–Crippen MR) is 103 cm³/mol. The maximum absolute atomic E-state index is 12.2. The number of carboxylic acid groups (broad SMARTS) is 1. The van der Waals surface area contributed by atoms with Crippen LogP contribution in [0.4, 0.5) is 4.79 Å². The Morgan fingerprint density at radius 3 is 2.36 bits per heavy atom. The second-order valence-electron chi connectivity index (χ2n) is 7.28. The van der Waals surface area contributed by atoms with Gasteiger partial charge in [0.05, 0.1) is 6.42 Å². The van der Waals surface area contributed by atoms with Crippen molar-refractivity contribution < 1.29 is 29.1 Å². The number of unbranched alkanes of at least 4 members (excludes halogenated alkanes) is 1. The summed E-state index contributed by atoms with van der Waals surface area (Å²) >= 11 is 0. The molecule has 2 N–H and O–H groups in total. The fraction of sp³-hybridized carbons (Fsp3) is 0.550. The molecule has 0 unspecified atom stereocenters. The lowest BCUT2D eigenvalue weighted by molar-refractivity contribution is -0.192. The van der Waals surface area contributed by atoms with Crippen molar-refractivity contribution in [2.45, 2.75) is 58.7 Å². The number of hydroxylamine groups is 2. The summed E-state index contributed by atoms with van der Waals surface area (Å²) in [6.07, 6.45) is 0.354. The molecule has 2 amide bonds. The van der Waals surface area contributed by atoms with E-state index in [0.29, 0.717) is 25.9 Å². The fourth-order valence-electron chi connectivity index (χ4n) is 2.21. The summed E-state index contributed by atoms with van der Waals surface area (Å²) in [5.41, 5.74) is 0.355. The molecule has 1 rings (SSSR count). The standard InChI is InChI=1S/C20H30N2O6/c1-20(2,3)28-19(26)21-13-7-8-14-22(17(23)11-12-18(24)25)27-15-16-9-5-4-6-10-16/h4-6,9-10H,7-8,11-15H2,1-3H3,(H,21,26)(H,24,25). The number of carbonyl (C=O) groups excluding carboxylic acids is 2. The van der Waals surface area contributed by atoms with Crippen LogP contribution in [0.3, 0.4) is 0 Å². The first-order valence-corrected chi connectivity index (χ1v) is 9.33. The van der Waals surface area contributed by atoms with E-state index >= 15 is 0 Å². The van der Waals surface area contributed by atoms with Gasteiger partial charge >= 0.3 is 12.1 Å². The number of benzene rings is 1. The van der Waals surface area contributed by atoms with Crippen molar-refractivity contribution in [1.82, 2.24) is 10.4 Å². The van der Waals surface area contributed by atoms with Gasteiger partial charge in [0.2, 0.25) is 5.91 Å². The fourth-order valence-corrected chi connectivity index (χ4v) is 2.21. The molecule has 0 saturated carbocycles. The zero-order chi connectivity index (χ0) is 21.0. The lowest BCUT2D eigenvalue weighted by atomic mass is 10.2. The summed E-state index contributed by atoms with van der Waals surface area (Å²) in [6, 6.07) is 9.39. The second-order valence-corrected chi connectivity index (χ2v) is 7.28. The number of hydrogen-bond donors (Lipinski definition) is 2. The van der Waals surface area contributed by atoms with Crippen molar-refractivity contribution in [3.05, 3.63) is 35.9 Å². The topological polar surface area (TPSA) is 105 Å². The Balaban J connectivity index is 2.42. The SMILES string of the molecule is CC(C)(C)OC(=O)NCCCCN(OCc1ccccc1)C(=O)CCC(=O)O. The van der Waals surface area contributed by atoms with E-state index in [0.717, 1.165) is 5.56 Å². The minimum Gasteiger partial charge on any atom is -0.481 e. The molecule has 1 aromatic carbocycles. The molecule has 0 fully saturated rings. The molecule has 0 atom stereocenters. The monoisotopic (exact) mass is 394 g/mol. The van der Waals surface area contributed by atoms with Crippen molar-refractivity contribution in [3.8, 4) is 0 Å². The summed E-state index contributed by atoms with van der Waals surface area (Å²) in [6.45, 7) is 6.30. The van der Waals surface area contributed by atoms with Gasteiger partial charge in [-0.1, -0.05) is 30.3 Å². The van der Waals surface area contributed by atoms with E-state index in [9.17, 15) is 14.4 Å². The van der Waals surface area contributed by atoms with Crippen LogP contribution in [0.1, 0.15) is 52.0 Å². The van der Waals surface area contributed by atoms with Crippen LogP contribution in [0.2, 0.25) is 0 Å². The summed E-state index contributed by atoms with van der Waals surface area (Å²) < 4.78 is 5.15. The molecule has 0 aliphatic heterocycles. The Morgan fingerprint density at radius 2 is 1.75 bits per heavy atom. The number of alkyl carbamates (subject to hydrolysis) is 1. The van der Waals surface area contributed by atoms with E-state index in [-0.39, 0.29) is 25.4 Å². The molecule has 0 aliphatic rings. The Kier molecular flexibility index (Phi) is 10.0. The maximum Gasteiger partial charge on any atom is 0.407 e. The van der Waals surface area contributed by atoms with Gasteiger partial charge in [0, 0.05) is 19.5 Å². The largest absolute Gasteiger partial charge is 0.481 e. The van der Waals surface area contributed by atoms with Crippen molar-refractivity contribution >= 4 is 18.0 Å². The zero-order valence-electron chi connectivity index (χ0n) is 16.8. The van der Waals surface area contributed by atoms with Gasteiger partial charge in [-0.05, 0) is 39.2 Å². The van der Waals surface area contributed by atoms with Gasteiger partial charge in [-0.25, -0.2) is 9.86 Å². The Hall–Kier alpha value is -2.61. The van der Waals surface area contributed by atoms with E-state index < -0.39 is 17.7 Å². The van der Waals surface area contributed by atoms with Gasteiger partial charge < -0.3 is 15.2 Å². The molecule has 0 saturated heterocycles. The van der Waals surface area contributed by atoms with Gasteiger partial charge in [0.1, 0.15) is 12.2 Å². The highest BCUT2D eigenvalue weighted by Gasteiger charge is 2.17. The molecule has 0 bridgehead atoms. The lowest BCUT2D eigenvalue weighted by Crippen LogP contribution is -2.34. The number of nitrogens with zero attached hydrogens (tertiary/aromatic N) is 1. The summed E-state index contributed by atoms with van der Waals surface area (Å²) in [7, 11) is 0. The third-order valence-electron chi connectivity index (χ3n) is 3.52. The third kappa shape index (κ3) is 11.2. The molecular weight excluding hydrogens is 364 g/mol. The number of rotatable bonds is 11. The van der Waals surface area contributed by atoms with Gasteiger partial charge in [-0.15, -0.1) is 0 Å². The number of amides is 2. The zero-order valence-corrected chi connectivity index (χ0v) is 16.8. The Morgan fingerprint density at radius 1 is 1.07 bits per heavy atom. The summed E-state index contributed by atoms with van der Waals surface area (Å²) in [5.74, 6) is -1.41. The van der Waals surface area contributed by atoms with Crippen molar-refractivity contribution in [1.29, 1.82) is 0 Å². The highest BCUT2D eigenvalue weighted by molar-refractivity contribution is 5.79. The molecule has 8 heteroatoms. The van der Waals surface area contributed by atoms with Gasteiger partial charge in [0.25, 0.3) is 0 Å². The predicted octanol–water partition coefficient (Wildman–Crippen LogP) is 3.12. The average Bonchev–Trinajstić information content (AvgIpc) is 2.61. The minimum atomic E-state index is -1.03. The molecule has 1 aromatic rings. The van der Waals surface area contributed by atoms with Gasteiger partial charge in [-0.3, -0.25) is 14.4 Å². The van der Waals surface area contributed by atoms with Crippen molar-refractivity contribution in [2.75, 3.05) is 13.1 Å². The highest BCUT2D eigenvalue weighted by atomic mass is 16.7. The number of aliphatic carboxylic acids is 1. The minimum absolute atomic E-state index is 0.125. The Labute approximate surface area is 165 Å². The van der Waals surface area contributed by atoms with Gasteiger partial charge in [-0.2, -0.15) is 0 Å². The highest BCUT2D eigenvalue weighted by Crippen LogP contribution is 2.08. The number of carbonyl (C=O) groups is 3. The first-order valence-electron chi connectivity index (χ1n) is 9.33. The van der Waals surface area contributed by atoms with Crippen LogP contribution in [0, 0.1) is 0 Å². The van der Waals surface area contributed by atoms with Crippen LogP contribution in [0.25, 0.3) is 0 Å². The molecule has 156 valence electrons. The molecule has 0 radical (unpaired) electrons. The van der Waals surface area contributed by atoms with Crippen LogP contribution < -0.4 is 5.32 Å². The molecule has 0 heterocycles. The number of nitrogens with one attached hydrogen (secondary N) is 1. The Bertz CT molecular complexity index is 627. The smallest absolute Gasteiger partial charge is 0.407 e. The van der Waals surface area contributed by atoms with Crippen LogP contribution in [0.15, 0.2) is 30.3 Å². The number of hydrogen-bond acceptors (Lipinski definition) is 5. The molecular formula is C20H30N2O6. The average molecular weight is 394 g/mol.